The molecular weight excluding hydrogens is 334 g/mol. The molecule has 0 atom stereocenters. The first-order valence-corrected chi connectivity index (χ1v) is 9.77. The monoisotopic (exact) mass is 367 g/mol. The zero-order valence-electron chi connectivity index (χ0n) is 16.4. The molecule has 1 heterocycles. The summed E-state index contributed by atoms with van der Waals surface area (Å²) in [6, 6.07) is 0. The van der Waals surface area contributed by atoms with E-state index in [2.05, 4.69) is 5.32 Å². The van der Waals surface area contributed by atoms with Crippen LogP contribution in [-0.2, 0) is 14.3 Å². The Morgan fingerprint density at radius 3 is 2.00 bits per heavy atom. The third-order valence-corrected chi connectivity index (χ3v) is 4.96. The van der Waals surface area contributed by atoms with Gasteiger partial charge in [0.1, 0.15) is 12.1 Å². The van der Waals surface area contributed by atoms with Crippen LogP contribution < -0.4 is 5.32 Å². The van der Waals surface area contributed by atoms with Gasteiger partial charge in [0.15, 0.2) is 0 Å². The van der Waals surface area contributed by atoms with Crippen LogP contribution in [-0.4, -0.2) is 66.0 Å². The van der Waals surface area contributed by atoms with Gasteiger partial charge in [-0.15, -0.1) is 0 Å². The molecule has 0 radical (unpaired) electrons. The van der Waals surface area contributed by atoms with Gasteiger partial charge in [-0.3, -0.25) is 9.59 Å². The van der Waals surface area contributed by atoms with Crippen molar-refractivity contribution in [3.05, 3.63) is 0 Å². The fourth-order valence-corrected chi connectivity index (χ4v) is 3.55. The quantitative estimate of drug-likeness (QED) is 0.826. The van der Waals surface area contributed by atoms with Crippen LogP contribution >= 0.6 is 0 Å². The summed E-state index contributed by atoms with van der Waals surface area (Å²) in [7, 11) is 0. The summed E-state index contributed by atoms with van der Waals surface area (Å²) in [5, 5.41) is 2.49. The molecule has 0 unspecified atom stereocenters. The molecule has 2 fully saturated rings. The van der Waals surface area contributed by atoms with Crippen molar-refractivity contribution in [2.45, 2.75) is 64.9 Å². The maximum atomic E-state index is 12.4. The molecule has 1 saturated carbocycles. The van der Waals surface area contributed by atoms with Crippen LogP contribution in [0.15, 0.2) is 0 Å². The molecule has 1 aliphatic carbocycles. The highest BCUT2D eigenvalue weighted by Gasteiger charge is 2.26. The third kappa shape index (κ3) is 6.84. The molecule has 0 spiro atoms. The summed E-state index contributed by atoms with van der Waals surface area (Å²) in [4.78, 5) is 39.8. The lowest BCUT2D eigenvalue weighted by molar-refractivity contribution is -0.139. The molecule has 2 aliphatic rings. The first-order valence-electron chi connectivity index (χ1n) is 9.77. The fourth-order valence-electron chi connectivity index (χ4n) is 3.55. The van der Waals surface area contributed by atoms with Gasteiger partial charge in [-0.05, 0) is 39.5 Å². The second-order valence-corrected chi connectivity index (χ2v) is 8.33. The molecular formula is C19H33N3O4. The summed E-state index contributed by atoms with van der Waals surface area (Å²) in [6.45, 7) is 7.43. The van der Waals surface area contributed by atoms with E-state index in [0.717, 1.165) is 0 Å². The van der Waals surface area contributed by atoms with E-state index in [-0.39, 0.29) is 18.4 Å². The molecule has 26 heavy (non-hydrogen) atoms. The third-order valence-electron chi connectivity index (χ3n) is 4.96. The number of ether oxygens (including phenoxy) is 1. The minimum atomic E-state index is -0.591. The average molecular weight is 367 g/mol. The Labute approximate surface area is 156 Å². The summed E-state index contributed by atoms with van der Waals surface area (Å²) in [6.07, 6.45) is 6.17. The minimum Gasteiger partial charge on any atom is -0.444 e. The molecule has 1 aliphatic heterocycles. The number of hydrogen-bond acceptors (Lipinski definition) is 4. The standard InChI is InChI=1S/C19H33N3O4/c1-19(2,3)26-18(25)20-14-17(24)22-11-9-21(10-12-22)16(23)13-15-7-5-4-6-8-15/h15H,4-14H2,1-3H3,(H,20,25). The van der Waals surface area contributed by atoms with Crippen LogP contribution in [0, 0.1) is 5.92 Å². The van der Waals surface area contributed by atoms with Crippen molar-refractivity contribution in [2.75, 3.05) is 32.7 Å². The zero-order chi connectivity index (χ0) is 19.2. The molecule has 7 heteroatoms. The van der Waals surface area contributed by atoms with Gasteiger partial charge in [0, 0.05) is 32.6 Å². The number of rotatable bonds is 4. The molecule has 0 bridgehead atoms. The summed E-state index contributed by atoms with van der Waals surface area (Å²) < 4.78 is 5.12. The Bertz CT molecular complexity index is 501. The largest absolute Gasteiger partial charge is 0.444 e. The molecule has 1 N–H and O–H groups in total. The summed E-state index contributed by atoms with van der Waals surface area (Å²) in [5.74, 6) is 0.611. The average Bonchev–Trinajstić information content (AvgIpc) is 2.59. The van der Waals surface area contributed by atoms with Crippen LogP contribution in [0.3, 0.4) is 0 Å². The molecule has 2 rings (SSSR count). The molecule has 0 aromatic heterocycles. The van der Waals surface area contributed by atoms with Crippen LogP contribution in [0.5, 0.6) is 0 Å². The molecule has 7 nitrogen and oxygen atoms in total. The van der Waals surface area contributed by atoms with Gasteiger partial charge < -0.3 is 19.9 Å². The van der Waals surface area contributed by atoms with Crippen molar-refractivity contribution in [2.24, 2.45) is 5.92 Å². The number of nitrogens with zero attached hydrogens (tertiary/aromatic N) is 2. The smallest absolute Gasteiger partial charge is 0.408 e. The van der Waals surface area contributed by atoms with Crippen molar-refractivity contribution in [3.63, 3.8) is 0 Å². The lowest BCUT2D eigenvalue weighted by atomic mass is 9.86. The number of alkyl carbamates (subject to hydrolysis) is 1. The molecule has 148 valence electrons. The lowest BCUT2D eigenvalue weighted by Crippen LogP contribution is -2.53. The van der Waals surface area contributed by atoms with Crippen molar-refractivity contribution >= 4 is 17.9 Å². The molecule has 0 aromatic carbocycles. The first kappa shape index (κ1) is 20.5. The maximum absolute atomic E-state index is 12.4. The number of nitrogens with one attached hydrogen (secondary N) is 1. The van der Waals surface area contributed by atoms with Gasteiger partial charge in [-0.2, -0.15) is 0 Å². The highest BCUT2D eigenvalue weighted by atomic mass is 16.6. The highest BCUT2D eigenvalue weighted by Crippen LogP contribution is 2.27. The predicted octanol–water partition coefficient (Wildman–Crippen LogP) is 2.15. The second kappa shape index (κ2) is 9.24. The van der Waals surface area contributed by atoms with E-state index in [0.29, 0.717) is 38.5 Å². The number of piperazine rings is 1. The minimum absolute atomic E-state index is 0.0784. The zero-order valence-corrected chi connectivity index (χ0v) is 16.4. The second-order valence-electron chi connectivity index (χ2n) is 8.33. The van der Waals surface area contributed by atoms with Crippen molar-refractivity contribution in [1.82, 2.24) is 15.1 Å². The molecule has 1 saturated heterocycles. The van der Waals surface area contributed by atoms with Gasteiger partial charge in [0.05, 0.1) is 0 Å². The lowest BCUT2D eigenvalue weighted by Gasteiger charge is -2.35. The van der Waals surface area contributed by atoms with Crippen molar-refractivity contribution in [1.29, 1.82) is 0 Å². The fraction of sp³-hybridized carbons (Fsp3) is 0.842. The Morgan fingerprint density at radius 1 is 0.923 bits per heavy atom. The summed E-state index contributed by atoms with van der Waals surface area (Å²) >= 11 is 0. The Balaban J connectivity index is 1.67. The predicted molar refractivity (Wildman–Crippen MR) is 98.6 cm³/mol. The first-order chi connectivity index (χ1) is 12.2. The van der Waals surface area contributed by atoms with E-state index in [9.17, 15) is 14.4 Å². The maximum Gasteiger partial charge on any atom is 0.408 e. The van der Waals surface area contributed by atoms with E-state index in [1.165, 1.54) is 32.1 Å². The SMILES string of the molecule is CC(C)(C)OC(=O)NCC(=O)N1CCN(C(=O)CC2CCCCC2)CC1. The Hall–Kier alpha value is -1.79. The van der Waals surface area contributed by atoms with Crippen molar-refractivity contribution in [3.8, 4) is 0 Å². The Kier molecular flexibility index (Phi) is 7.29. The van der Waals surface area contributed by atoms with Crippen LogP contribution in [0.2, 0.25) is 0 Å². The van der Waals surface area contributed by atoms with Crippen LogP contribution in [0.4, 0.5) is 4.79 Å². The Morgan fingerprint density at radius 2 is 1.46 bits per heavy atom. The van der Waals surface area contributed by atoms with E-state index < -0.39 is 11.7 Å². The van der Waals surface area contributed by atoms with Crippen LogP contribution in [0.25, 0.3) is 0 Å². The van der Waals surface area contributed by atoms with E-state index >= 15 is 0 Å². The number of carbonyl (C=O) groups is 3. The van der Waals surface area contributed by atoms with E-state index in [1.54, 1.807) is 25.7 Å². The van der Waals surface area contributed by atoms with Gasteiger partial charge >= 0.3 is 6.09 Å². The number of carbonyl (C=O) groups excluding carboxylic acids is 3. The normalized spacial score (nSPS) is 19.2. The number of hydrogen-bond donors (Lipinski definition) is 1. The topological polar surface area (TPSA) is 79.0 Å². The van der Waals surface area contributed by atoms with Gasteiger partial charge in [-0.25, -0.2) is 4.79 Å². The van der Waals surface area contributed by atoms with Crippen LogP contribution in [0.1, 0.15) is 59.3 Å². The summed E-state index contributed by atoms with van der Waals surface area (Å²) in [5.41, 5.74) is -0.586. The molecule has 0 aromatic rings. The van der Waals surface area contributed by atoms with E-state index in [1.807, 2.05) is 4.90 Å². The van der Waals surface area contributed by atoms with Gasteiger partial charge in [0.2, 0.25) is 11.8 Å². The highest BCUT2D eigenvalue weighted by molar-refractivity contribution is 5.83. The molecule has 3 amide bonds. The van der Waals surface area contributed by atoms with Gasteiger partial charge in [0.25, 0.3) is 0 Å². The van der Waals surface area contributed by atoms with E-state index in [4.69, 9.17) is 4.74 Å². The van der Waals surface area contributed by atoms with Crippen molar-refractivity contribution < 1.29 is 19.1 Å². The number of amides is 3. The van der Waals surface area contributed by atoms with Gasteiger partial charge in [-0.1, -0.05) is 19.3 Å².